The molecule has 3 aromatic rings. The summed E-state index contributed by atoms with van der Waals surface area (Å²) in [6, 6.07) is 5.56. The number of aromatic nitrogens is 2. The van der Waals surface area contributed by atoms with Crippen LogP contribution in [-0.2, 0) is 0 Å². The quantitative estimate of drug-likeness (QED) is 0.687. The first-order chi connectivity index (χ1) is 13.9. The van der Waals surface area contributed by atoms with E-state index in [1.54, 1.807) is 21.6 Å². The molecule has 4 heterocycles. The number of fused-ring (bicyclic) bond motifs is 2. The summed E-state index contributed by atoms with van der Waals surface area (Å²) in [5.74, 6) is -4.60. The zero-order valence-corrected chi connectivity index (χ0v) is 15.1. The van der Waals surface area contributed by atoms with Crippen LogP contribution >= 0.6 is 0 Å². The Labute approximate surface area is 163 Å². The molecule has 148 valence electrons. The molecule has 1 fully saturated rings. The molecule has 29 heavy (non-hydrogen) atoms. The third kappa shape index (κ3) is 2.65. The fourth-order valence-corrected chi connectivity index (χ4v) is 4.10. The van der Waals surface area contributed by atoms with E-state index in [2.05, 4.69) is 9.88 Å². The molecule has 1 aromatic carbocycles. The number of hydrogen-bond acceptors (Lipinski definition) is 4. The number of benzene rings is 1. The van der Waals surface area contributed by atoms with Crippen LogP contribution < -0.4 is 10.6 Å². The predicted molar refractivity (Wildman–Crippen MR) is 99.3 cm³/mol. The van der Waals surface area contributed by atoms with Crippen molar-refractivity contribution in [1.29, 1.82) is 0 Å². The van der Waals surface area contributed by atoms with E-state index in [9.17, 15) is 18.0 Å². The number of nitrogens with two attached hydrogens (primary N) is 1. The van der Waals surface area contributed by atoms with Gasteiger partial charge in [-0.1, -0.05) is 0 Å². The van der Waals surface area contributed by atoms with Crippen molar-refractivity contribution in [3.8, 4) is 0 Å². The minimum Gasteiger partial charge on any atom is -0.364 e. The summed E-state index contributed by atoms with van der Waals surface area (Å²) in [4.78, 5) is 19.7. The van der Waals surface area contributed by atoms with Crippen LogP contribution in [0.3, 0.4) is 0 Å². The number of pyridine rings is 1. The standard InChI is InChI=1S/C20H16F3N5O/c21-14-6-13(7-15(22)18(14)23)27-10-12-2-1-5-26(12)20(27)11-3-4-17-25-8-16(19(24)29)28(17)9-11/h3-4,6-10,20H,1-2,5H2,(H2,24,29). The fraction of sp³-hybridized carbons (Fsp3) is 0.200. The highest BCUT2D eigenvalue weighted by Crippen LogP contribution is 2.43. The molecule has 2 N–H and O–H groups in total. The molecule has 2 aliphatic heterocycles. The van der Waals surface area contributed by atoms with Gasteiger partial charge >= 0.3 is 0 Å². The number of allylic oxidation sites excluding steroid dienone is 1. The van der Waals surface area contributed by atoms with Gasteiger partial charge in [0.15, 0.2) is 17.5 Å². The monoisotopic (exact) mass is 399 g/mol. The van der Waals surface area contributed by atoms with Crippen molar-refractivity contribution in [2.75, 3.05) is 11.4 Å². The van der Waals surface area contributed by atoms with Gasteiger partial charge in [0, 0.05) is 48.0 Å². The number of rotatable bonds is 3. The Hall–Kier alpha value is -3.49. The normalized spacial score (nSPS) is 18.4. The average Bonchev–Trinajstić information content (AvgIpc) is 3.38. The summed E-state index contributed by atoms with van der Waals surface area (Å²) in [5, 5.41) is 0. The van der Waals surface area contributed by atoms with Crippen molar-refractivity contribution < 1.29 is 18.0 Å². The molecule has 0 spiro atoms. The van der Waals surface area contributed by atoms with Crippen LogP contribution in [0.25, 0.3) is 5.65 Å². The second-order valence-electron chi connectivity index (χ2n) is 7.12. The maximum Gasteiger partial charge on any atom is 0.267 e. The van der Waals surface area contributed by atoms with E-state index in [0.29, 0.717) is 5.65 Å². The van der Waals surface area contributed by atoms with Crippen molar-refractivity contribution in [3.63, 3.8) is 0 Å². The molecule has 1 unspecified atom stereocenters. The molecule has 0 aliphatic carbocycles. The number of hydrogen-bond donors (Lipinski definition) is 1. The van der Waals surface area contributed by atoms with Crippen LogP contribution in [0.1, 0.15) is 35.1 Å². The van der Waals surface area contributed by atoms with Crippen LogP contribution in [0.5, 0.6) is 0 Å². The van der Waals surface area contributed by atoms with Crippen LogP contribution in [0.15, 0.2) is 48.6 Å². The lowest BCUT2D eigenvalue weighted by molar-refractivity contribution is 0.0994. The fourth-order valence-electron chi connectivity index (χ4n) is 4.10. The van der Waals surface area contributed by atoms with Crippen molar-refractivity contribution in [3.05, 3.63) is 77.3 Å². The molecule has 6 nitrogen and oxygen atoms in total. The Bertz CT molecular complexity index is 1170. The number of anilines is 1. The van der Waals surface area contributed by atoms with E-state index in [1.807, 2.05) is 12.3 Å². The third-order valence-corrected chi connectivity index (χ3v) is 5.39. The van der Waals surface area contributed by atoms with Crippen LogP contribution in [0.4, 0.5) is 18.9 Å². The molecule has 0 saturated carbocycles. The van der Waals surface area contributed by atoms with Gasteiger partial charge in [-0.3, -0.25) is 9.20 Å². The van der Waals surface area contributed by atoms with Crippen LogP contribution in [0.2, 0.25) is 0 Å². The minimum absolute atomic E-state index is 0.203. The van der Waals surface area contributed by atoms with Gasteiger partial charge in [0.25, 0.3) is 5.91 Å². The summed E-state index contributed by atoms with van der Waals surface area (Å²) in [6.07, 6.45) is 6.37. The van der Waals surface area contributed by atoms with Gasteiger partial charge in [-0.2, -0.15) is 0 Å². The molecule has 0 radical (unpaired) electrons. The molecular formula is C20H16F3N5O. The van der Waals surface area contributed by atoms with Crippen molar-refractivity contribution in [2.24, 2.45) is 5.73 Å². The largest absolute Gasteiger partial charge is 0.364 e. The minimum atomic E-state index is -1.50. The molecular weight excluding hydrogens is 383 g/mol. The van der Waals surface area contributed by atoms with Crippen molar-refractivity contribution in [1.82, 2.24) is 14.3 Å². The Morgan fingerprint density at radius 3 is 2.66 bits per heavy atom. The summed E-state index contributed by atoms with van der Waals surface area (Å²) >= 11 is 0. The highest BCUT2D eigenvalue weighted by molar-refractivity contribution is 5.91. The number of carbonyl (C=O) groups is 1. The lowest BCUT2D eigenvalue weighted by Crippen LogP contribution is -2.31. The maximum atomic E-state index is 13.9. The Morgan fingerprint density at radius 2 is 1.93 bits per heavy atom. The van der Waals surface area contributed by atoms with Gasteiger partial charge in [0.2, 0.25) is 0 Å². The van der Waals surface area contributed by atoms with E-state index in [1.165, 1.54) is 6.20 Å². The maximum absolute atomic E-state index is 13.9. The molecule has 9 heteroatoms. The molecule has 2 aromatic heterocycles. The first-order valence-electron chi connectivity index (χ1n) is 9.11. The van der Waals surface area contributed by atoms with E-state index in [0.717, 1.165) is 42.8 Å². The highest BCUT2D eigenvalue weighted by Gasteiger charge is 2.37. The first-order valence-corrected chi connectivity index (χ1v) is 9.11. The van der Waals surface area contributed by atoms with Gasteiger partial charge in [0.05, 0.1) is 6.20 Å². The van der Waals surface area contributed by atoms with Gasteiger partial charge < -0.3 is 15.5 Å². The Kier molecular flexibility index (Phi) is 3.80. The zero-order valence-electron chi connectivity index (χ0n) is 15.1. The summed E-state index contributed by atoms with van der Waals surface area (Å²) in [7, 11) is 0. The number of amides is 1. The van der Waals surface area contributed by atoms with E-state index >= 15 is 0 Å². The van der Waals surface area contributed by atoms with E-state index in [-0.39, 0.29) is 11.4 Å². The molecule has 0 bridgehead atoms. The Balaban J connectivity index is 1.65. The summed E-state index contributed by atoms with van der Waals surface area (Å²) in [6.45, 7) is 0.768. The lowest BCUT2D eigenvalue weighted by Gasteiger charge is -2.32. The molecule has 2 aliphatic rings. The molecule has 5 rings (SSSR count). The lowest BCUT2D eigenvalue weighted by atomic mass is 10.1. The van der Waals surface area contributed by atoms with Gasteiger partial charge in [-0.15, -0.1) is 0 Å². The summed E-state index contributed by atoms with van der Waals surface area (Å²) < 4.78 is 42.8. The molecule has 1 saturated heterocycles. The number of halogens is 3. The number of carbonyl (C=O) groups excluding carboxylic acids is 1. The highest BCUT2D eigenvalue weighted by atomic mass is 19.2. The van der Waals surface area contributed by atoms with Crippen molar-refractivity contribution >= 4 is 17.2 Å². The van der Waals surface area contributed by atoms with Crippen molar-refractivity contribution in [2.45, 2.75) is 19.0 Å². The van der Waals surface area contributed by atoms with Gasteiger partial charge in [0.1, 0.15) is 17.5 Å². The summed E-state index contributed by atoms with van der Waals surface area (Å²) in [5.41, 5.74) is 8.23. The van der Waals surface area contributed by atoms with Gasteiger partial charge in [-0.05, 0) is 25.0 Å². The topological polar surface area (TPSA) is 66.9 Å². The number of imidazole rings is 1. The van der Waals surface area contributed by atoms with Crippen LogP contribution in [-0.4, -0.2) is 26.7 Å². The van der Waals surface area contributed by atoms with E-state index in [4.69, 9.17) is 5.73 Å². The predicted octanol–water partition coefficient (Wildman–Crippen LogP) is 3.31. The number of primary amides is 1. The first kappa shape index (κ1) is 17.6. The van der Waals surface area contributed by atoms with Crippen LogP contribution in [0, 0.1) is 17.5 Å². The zero-order chi connectivity index (χ0) is 20.3. The van der Waals surface area contributed by atoms with E-state index < -0.39 is 29.5 Å². The Morgan fingerprint density at radius 1 is 1.17 bits per heavy atom. The average molecular weight is 399 g/mol. The molecule has 1 atom stereocenters. The smallest absolute Gasteiger partial charge is 0.267 e. The SMILES string of the molecule is NC(=O)c1cnc2ccc(C3N4CCCC4=CN3c3cc(F)c(F)c(F)c3)cn12. The molecule has 1 amide bonds. The second kappa shape index (κ2) is 6.26. The van der Waals surface area contributed by atoms with Gasteiger partial charge in [-0.25, -0.2) is 18.2 Å². The third-order valence-electron chi connectivity index (χ3n) is 5.39. The number of nitrogens with zero attached hydrogens (tertiary/aromatic N) is 4. The second-order valence-corrected chi connectivity index (χ2v) is 7.12.